The van der Waals surface area contributed by atoms with Gasteiger partial charge >= 0.3 is 0 Å². The van der Waals surface area contributed by atoms with Crippen LogP contribution in [0.2, 0.25) is 0 Å². The van der Waals surface area contributed by atoms with E-state index in [-0.39, 0.29) is 102 Å². The molecule has 0 aliphatic rings. The summed E-state index contributed by atoms with van der Waals surface area (Å²) in [4.78, 5) is 171. The number of anilines is 2. The smallest absolute Gasteiger partial charge is 0.243 e. The van der Waals surface area contributed by atoms with E-state index in [1.54, 1.807) is 12.1 Å². The number of carbonyl (C=O) groups is 11. The lowest BCUT2D eigenvalue weighted by Gasteiger charge is -2.28. The van der Waals surface area contributed by atoms with Crippen molar-refractivity contribution in [3.05, 3.63) is 127 Å². The molecule has 2 heterocycles. The molecule has 0 saturated carbocycles. The fraction of sp³-hybridized carbons (Fsp3) is 0.547. The van der Waals surface area contributed by atoms with Gasteiger partial charge < -0.3 is 126 Å². The molecule has 5 aromatic carbocycles. The van der Waals surface area contributed by atoms with E-state index in [0.29, 0.717) is 173 Å². The third kappa shape index (κ3) is 36.7. The molecule has 0 spiro atoms. The quantitative estimate of drug-likeness (QED) is 0.0191. The van der Waals surface area contributed by atoms with Crippen LogP contribution in [-0.2, 0) is 59.2 Å². The largest absolute Gasteiger partial charge is 0.508 e. The number of nitrogens with zero attached hydrogens (tertiary/aromatic N) is 2. The number of aromatic nitrogens is 2. The van der Waals surface area contributed by atoms with Crippen molar-refractivity contribution in [2.45, 2.75) is 266 Å². The molecule has 2 aromatic heterocycles. The molecule has 11 amide bonds. The first-order valence-electron chi connectivity index (χ1n) is 47.0. The van der Waals surface area contributed by atoms with Crippen LogP contribution in [0.3, 0.4) is 0 Å². The van der Waals surface area contributed by atoms with Gasteiger partial charge in [0.05, 0.1) is 45.5 Å². The van der Waals surface area contributed by atoms with Crippen LogP contribution in [-0.4, -0.2) is 212 Å². The Morgan fingerprint density at radius 3 is 0.763 bits per heavy atom. The Hall–Kier alpha value is -11.4. The average molecular weight is 1820 g/mol. The Balaban J connectivity index is 1.25. The summed E-state index contributed by atoms with van der Waals surface area (Å²) in [6.07, 6.45) is 9.65. The summed E-state index contributed by atoms with van der Waals surface area (Å²) in [5.74, 6) is -7.84. The number of fused-ring (bicyclic) bond motifs is 4. The summed E-state index contributed by atoms with van der Waals surface area (Å²) in [5.41, 5.74) is 65.0. The van der Waals surface area contributed by atoms with E-state index in [0.717, 1.165) is 55.0 Å². The summed E-state index contributed by atoms with van der Waals surface area (Å²) >= 11 is 0. The van der Waals surface area contributed by atoms with Gasteiger partial charge in [0.1, 0.15) is 60.1 Å². The molecule has 11 atom stereocenters. The molecule has 0 saturated heterocycles. The molecular weight excluding hydrogens is 1670 g/mol. The van der Waals surface area contributed by atoms with Crippen molar-refractivity contribution in [3.63, 3.8) is 0 Å². The number of amides is 11. The number of hydrogen-bond acceptors (Lipinski definition) is 25. The lowest BCUT2D eigenvalue weighted by Crippen LogP contribution is -2.60. The van der Waals surface area contributed by atoms with Crippen molar-refractivity contribution < 1.29 is 57.8 Å². The molecule has 0 radical (unpaired) electrons. The van der Waals surface area contributed by atoms with Crippen molar-refractivity contribution in [3.8, 4) is 5.75 Å². The van der Waals surface area contributed by atoms with E-state index in [4.69, 9.17) is 67.3 Å². The van der Waals surface area contributed by atoms with Crippen LogP contribution in [0.5, 0.6) is 5.75 Å². The second kappa shape index (κ2) is 59.9. The van der Waals surface area contributed by atoms with Crippen molar-refractivity contribution >= 4 is 120 Å². The number of para-hydroxylation sites is 4. The van der Waals surface area contributed by atoms with Gasteiger partial charge in [-0.1, -0.05) is 97.8 Å². The number of primary amides is 1. The number of nitrogens with two attached hydrogens (primary N) is 10. The molecule has 0 aliphatic carbocycles. The highest BCUT2D eigenvalue weighted by atomic mass is 16.3. The van der Waals surface area contributed by atoms with Crippen LogP contribution in [0.15, 0.2) is 121 Å². The second-order valence-corrected chi connectivity index (χ2v) is 33.7. The minimum atomic E-state index is -1.49. The maximum Gasteiger partial charge on any atom is 0.243 e. The number of hydrogen-bond donors (Lipinski definition) is 23. The fourth-order valence-electron chi connectivity index (χ4n) is 15.7. The van der Waals surface area contributed by atoms with Crippen LogP contribution in [0.4, 0.5) is 11.4 Å². The van der Waals surface area contributed by atoms with E-state index in [1.165, 1.54) is 12.1 Å². The normalized spacial score (nSPS) is 13.9. The minimum Gasteiger partial charge on any atom is -0.508 e. The third-order valence-electron chi connectivity index (χ3n) is 23.3. The standard InChI is InChI=1S/C95H146N24O12/c96-51-19-9-33-68(103)86(122)111-75(40-12-22-54-99)89(125)113-74(39-11-21-53-98)88(124)108-60-28-18-46-81(116-91(127)77(42-14-24-56-101)114-90(126)76(41-13-23-55-100)112-87(123)69(104)34-10-20-52-97)94(130)118-80(45-17-27-59-107-84-66-31-3-7-37-72(66)110-73-38-8-4-32-67(73)84)93(129)117-79(44-16-26-58-106-83-64-29-1-5-35-70(64)109-71-36-6-2-30-65(71)83)92(128)115-78(43-15-25-57-102)95(131)119-82(85(105)121)61-62-47-49-63(120)50-48-62/h1-8,29-32,35-38,47-50,68-69,74-82,120H,9-28,33-34,39-46,51-61,96-104H2,(H2,105,121)(H,106,109)(H,107,110)(H,108,124)(H,111,122)(H,112,123)(H,113,125)(H,114,126)(H,115,128)(H,116,127)(H,117,129)(H,118,130)(H,119,131)/t68-,69-,74-,75-,76-,77-,78-,79-,80-,81-,82-/m0/s1. The Kier molecular flexibility index (Phi) is 48.7. The second-order valence-electron chi connectivity index (χ2n) is 33.7. The number of unbranched alkanes of at least 4 members (excludes halogenated alkanes) is 10. The molecule has 0 fully saturated rings. The summed E-state index contributed by atoms with van der Waals surface area (Å²) in [6.45, 7) is 3.00. The summed E-state index contributed by atoms with van der Waals surface area (Å²) in [6, 6.07) is 23.6. The third-order valence-corrected chi connectivity index (χ3v) is 23.3. The number of nitrogens with one attached hydrogen (secondary N) is 12. The number of pyridine rings is 2. The van der Waals surface area contributed by atoms with E-state index in [9.17, 15) is 38.7 Å². The molecule has 131 heavy (non-hydrogen) atoms. The molecule has 7 aromatic rings. The Labute approximate surface area is 768 Å². The molecule has 33 N–H and O–H groups in total. The van der Waals surface area contributed by atoms with Crippen molar-refractivity contribution in [1.29, 1.82) is 0 Å². The van der Waals surface area contributed by atoms with Gasteiger partial charge in [-0.2, -0.15) is 0 Å². The van der Waals surface area contributed by atoms with Gasteiger partial charge in [0.25, 0.3) is 0 Å². The van der Waals surface area contributed by atoms with Gasteiger partial charge in [-0.3, -0.25) is 52.7 Å². The first-order chi connectivity index (χ1) is 63.4. The maximum absolute atomic E-state index is 15.9. The molecule has 718 valence electrons. The lowest BCUT2D eigenvalue weighted by atomic mass is 10.0. The van der Waals surface area contributed by atoms with Crippen LogP contribution < -0.4 is 121 Å². The van der Waals surface area contributed by atoms with Gasteiger partial charge in [0.15, 0.2) is 0 Å². The number of phenolic OH excluding ortho intramolecular Hbond substituents is 1. The summed E-state index contributed by atoms with van der Waals surface area (Å²) < 4.78 is 0. The highest BCUT2D eigenvalue weighted by Gasteiger charge is 2.36. The van der Waals surface area contributed by atoms with Gasteiger partial charge in [0.2, 0.25) is 65.0 Å². The molecule has 0 bridgehead atoms. The topological polar surface area (TPSA) is 638 Å². The lowest BCUT2D eigenvalue weighted by molar-refractivity contribution is -0.136. The first-order valence-corrected chi connectivity index (χ1v) is 47.0. The van der Waals surface area contributed by atoms with Gasteiger partial charge in [-0.15, -0.1) is 0 Å². The van der Waals surface area contributed by atoms with E-state index in [2.05, 4.69) is 63.8 Å². The van der Waals surface area contributed by atoms with Gasteiger partial charge in [0, 0.05) is 47.6 Å². The van der Waals surface area contributed by atoms with E-state index >= 15 is 19.2 Å². The molecule has 36 heteroatoms. The highest BCUT2D eigenvalue weighted by Crippen LogP contribution is 2.33. The number of phenols is 1. The van der Waals surface area contributed by atoms with Crippen molar-refractivity contribution in [2.24, 2.45) is 57.3 Å². The Morgan fingerprint density at radius 2 is 0.496 bits per heavy atom. The molecule has 36 nitrogen and oxygen atoms in total. The minimum absolute atomic E-state index is 0.00725. The SMILES string of the molecule is NCCCC[C@H](NC(=O)[C@H](CCCCN)NC(=O)[C@@H](N)CCCCN)C(=O)NCCCC[C@H](NC(=O)[C@H](CCCCN)NC(=O)[C@H](CCCCN)NC(=O)[C@@H](N)CCCCN)C(=O)N[C@@H](CCCCNc1c2ccccc2nc2ccccc12)C(=O)N[C@@H](CCCCNc1c2ccccc2nc2ccccc12)C(=O)N[C@@H](CCCCN)C(=O)N[C@@H](Cc1ccc(O)cc1)C(N)=O. The van der Waals surface area contributed by atoms with Crippen LogP contribution in [0.1, 0.15) is 198 Å². The Bertz CT molecular complexity index is 4620. The average Bonchev–Trinajstić information content (AvgIpc) is 0.781. The van der Waals surface area contributed by atoms with Gasteiger partial charge in [-0.05, 0) is 268 Å². The summed E-state index contributed by atoms with van der Waals surface area (Å²) in [7, 11) is 0. The molecule has 0 unspecified atom stereocenters. The number of aromatic hydroxyl groups is 1. The zero-order valence-electron chi connectivity index (χ0n) is 76.0. The maximum atomic E-state index is 15.9. The van der Waals surface area contributed by atoms with Crippen LogP contribution in [0, 0.1) is 0 Å². The fourth-order valence-corrected chi connectivity index (χ4v) is 15.7. The zero-order valence-corrected chi connectivity index (χ0v) is 76.0. The van der Waals surface area contributed by atoms with E-state index in [1.807, 2.05) is 97.1 Å². The first kappa shape index (κ1) is 107. The predicted molar refractivity (Wildman–Crippen MR) is 515 cm³/mol. The van der Waals surface area contributed by atoms with Crippen LogP contribution >= 0.6 is 0 Å². The van der Waals surface area contributed by atoms with Crippen molar-refractivity contribution in [1.82, 2.24) is 63.1 Å². The van der Waals surface area contributed by atoms with Gasteiger partial charge in [-0.25, -0.2) is 9.97 Å². The zero-order chi connectivity index (χ0) is 94.7. The number of benzene rings is 5. The monoisotopic (exact) mass is 1820 g/mol. The molecule has 0 aliphatic heterocycles. The predicted octanol–water partition coefficient (Wildman–Crippen LogP) is 3.59. The van der Waals surface area contributed by atoms with Crippen LogP contribution in [0.25, 0.3) is 43.6 Å². The molecular formula is C95H146N24O12. The Morgan fingerprint density at radius 1 is 0.267 bits per heavy atom. The number of carbonyl (C=O) groups excluding carboxylic acids is 11. The van der Waals surface area contributed by atoms with E-state index < -0.39 is 131 Å². The number of rotatable bonds is 67. The highest BCUT2D eigenvalue weighted by molar-refractivity contribution is 6.09. The van der Waals surface area contributed by atoms with Crippen molar-refractivity contribution in [2.75, 3.05) is 76.1 Å². The summed E-state index contributed by atoms with van der Waals surface area (Å²) in [5, 5.41) is 49.6. The molecule has 7 rings (SSSR count).